The predicted molar refractivity (Wildman–Crippen MR) is 96.9 cm³/mol. The summed E-state index contributed by atoms with van der Waals surface area (Å²) < 4.78 is 16.9. The second-order valence-electron chi connectivity index (χ2n) is 6.31. The third kappa shape index (κ3) is 3.11. The van der Waals surface area contributed by atoms with Gasteiger partial charge >= 0.3 is 5.63 Å². The van der Waals surface area contributed by atoms with E-state index in [9.17, 15) is 9.90 Å². The number of phenolic OH excluding ortho intramolecular Hbond substituents is 1. The first-order chi connectivity index (χ1) is 12.6. The number of para-hydroxylation sites is 2. The normalized spacial score (nSPS) is 16.0. The maximum atomic E-state index is 11.8. The highest BCUT2D eigenvalue weighted by Crippen LogP contribution is 2.31. The molecular formula is C20H19NO5. The Kier molecular flexibility index (Phi) is 4.26. The van der Waals surface area contributed by atoms with Crippen LogP contribution in [0.2, 0.25) is 0 Å². The van der Waals surface area contributed by atoms with Gasteiger partial charge in [0.05, 0.1) is 0 Å². The van der Waals surface area contributed by atoms with Crippen molar-refractivity contribution in [3.63, 3.8) is 0 Å². The van der Waals surface area contributed by atoms with Crippen molar-refractivity contribution in [2.24, 2.45) is 0 Å². The molecule has 0 unspecified atom stereocenters. The van der Waals surface area contributed by atoms with E-state index in [1.165, 1.54) is 6.07 Å². The van der Waals surface area contributed by atoms with E-state index in [1.807, 2.05) is 24.3 Å². The number of ether oxygens (including phenoxy) is 2. The van der Waals surface area contributed by atoms with Gasteiger partial charge in [0.15, 0.2) is 11.5 Å². The number of fused-ring (bicyclic) bond motifs is 2. The number of hydrogen-bond acceptors (Lipinski definition) is 6. The summed E-state index contributed by atoms with van der Waals surface area (Å²) in [5, 5.41) is 13.9. The SMILES string of the molecule is Cc1c(O)ccc2c(CNC[C@H]3COc4ccccc4O3)cc(=O)oc12. The van der Waals surface area contributed by atoms with Gasteiger partial charge in [-0.2, -0.15) is 0 Å². The van der Waals surface area contributed by atoms with E-state index in [4.69, 9.17) is 13.9 Å². The summed E-state index contributed by atoms with van der Waals surface area (Å²) >= 11 is 0. The highest BCUT2D eigenvalue weighted by molar-refractivity contribution is 5.84. The number of rotatable bonds is 4. The Balaban J connectivity index is 1.47. The Morgan fingerprint density at radius 1 is 1.19 bits per heavy atom. The van der Waals surface area contributed by atoms with Gasteiger partial charge in [0.2, 0.25) is 0 Å². The Bertz CT molecular complexity index is 1010. The number of benzene rings is 2. The van der Waals surface area contributed by atoms with Gasteiger partial charge in [-0.25, -0.2) is 4.79 Å². The Hall–Kier alpha value is -2.99. The van der Waals surface area contributed by atoms with Crippen molar-refractivity contribution in [2.75, 3.05) is 13.2 Å². The molecule has 0 radical (unpaired) electrons. The number of aryl methyl sites for hydroxylation is 1. The molecule has 6 nitrogen and oxygen atoms in total. The lowest BCUT2D eigenvalue weighted by Gasteiger charge is -2.26. The van der Waals surface area contributed by atoms with Crippen molar-refractivity contribution >= 4 is 11.0 Å². The second kappa shape index (κ2) is 6.72. The van der Waals surface area contributed by atoms with Crippen LogP contribution >= 0.6 is 0 Å². The lowest BCUT2D eigenvalue weighted by atomic mass is 10.1. The van der Waals surface area contributed by atoms with Crippen LogP contribution in [0.4, 0.5) is 0 Å². The first kappa shape index (κ1) is 16.5. The molecule has 26 heavy (non-hydrogen) atoms. The Morgan fingerprint density at radius 2 is 2.00 bits per heavy atom. The molecule has 2 N–H and O–H groups in total. The van der Waals surface area contributed by atoms with Crippen LogP contribution in [-0.4, -0.2) is 24.4 Å². The molecule has 1 aliphatic heterocycles. The Labute approximate surface area is 150 Å². The summed E-state index contributed by atoms with van der Waals surface area (Å²) in [7, 11) is 0. The smallest absolute Gasteiger partial charge is 0.336 e. The third-order valence-electron chi connectivity index (χ3n) is 4.47. The monoisotopic (exact) mass is 353 g/mol. The van der Waals surface area contributed by atoms with Crippen molar-refractivity contribution in [2.45, 2.75) is 19.6 Å². The number of hydrogen-bond donors (Lipinski definition) is 2. The lowest BCUT2D eigenvalue weighted by Crippen LogP contribution is -2.38. The van der Waals surface area contributed by atoms with E-state index in [2.05, 4.69) is 5.32 Å². The summed E-state index contributed by atoms with van der Waals surface area (Å²) in [5.41, 5.74) is 1.35. The third-order valence-corrected chi connectivity index (χ3v) is 4.47. The Morgan fingerprint density at radius 3 is 2.85 bits per heavy atom. The van der Waals surface area contributed by atoms with E-state index < -0.39 is 5.63 Å². The maximum Gasteiger partial charge on any atom is 0.336 e. The number of phenols is 1. The molecule has 1 aromatic heterocycles. The van der Waals surface area contributed by atoms with Crippen LogP contribution in [0.15, 0.2) is 51.7 Å². The fourth-order valence-corrected chi connectivity index (χ4v) is 3.09. The molecule has 1 aliphatic rings. The summed E-state index contributed by atoms with van der Waals surface area (Å²) in [6.07, 6.45) is -0.109. The average molecular weight is 353 g/mol. The molecule has 0 saturated carbocycles. The molecule has 2 aromatic carbocycles. The molecule has 134 valence electrons. The molecule has 0 spiro atoms. The van der Waals surface area contributed by atoms with Crippen LogP contribution in [-0.2, 0) is 6.54 Å². The molecule has 1 atom stereocenters. The standard InChI is InChI=1S/C20H19NO5/c1-12-16(22)7-6-15-13(8-19(23)26-20(12)15)9-21-10-14-11-24-17-4-2-3-5-18(17)25-14/h2-8,14,21-22H,9-11H2,1H3/t14-/m0/s1. The maximum absolute atomic E-state index is 11.8. The minimum atomic E-state index is -0.436. The molecule has 3 aromatic rings. The zero-order valence-corrected chi connectivity index (χ0v) is 14.3. The van der Waals surface area contributed by atoms with Gasteiger partial charge in [0, 0.05) is 30.1 Å². The van der Waals surface area contributed by atoms with E-state index in [-0.39, 0.29) is 11.9 Å². The van der Waals surface area contributed by atoms with Crippen molar-refractivity contribution in [3.05, 3.63) is 64.0 Å². The minimum absolute atomic E-state index is 0.108. The summed E-state index contributed by atoms with van der Waals surface area (Å²) in [6.45, 7) is 3.25. The van der Waals surface area contributed by atoms with Crippen molar-refractivity contribution in [1.82, 2.24) is 5.32 Å². The summed E-state index contributed by atoms with van der Waals surface area (Å²) in [4.78, 5) is 11.8. The van der Waals surface area contributed by atoms with Gasteiger partial charge in [-0.1, -0.05) is 12.1 Å². The van der Waals surface area contributed by atoms with Gasteiger partial charge in [-0.15, -0.1) is 0 Å². The summed E-state index contributed by atoms with van der Waals surface area (Å²) in [6, 6.07) is 12.4. The number of aromatic hydroxyl groups is 1. The zero-order chi connectivity index (χ0) is 18.1. The van der Waals surface area contributed by atoms with Gasteiger partial charge in [0.25, 0.3) is 0 Å². The van der Waals surface area contributed by atoms with Crippen molar-refractivity contribution in [1.29, 1.82) is 0 Å². The molecule has 6 heteroatoms. The first-order valence-electron chi connectivity index (χ1n) is 8.46. The quantitative estimate of drug-likeness (QED) is 0.702. The van der Waals surface area contributed by atoms with Crippen LogP contribution in [0.1, 0.15) is 11.1 Å². The van der Waals surface area contributed by atoms with Crippen LogP contribution in [0.25, 0.3) is 11.0 Å². The predicted octanol–water partition coefficient (Wildman–Crippen LogP) is 2.74. The summed E-state index contributed by atoms with van der Waals surface area (Å²) in [5.74, 6) is 1.60. The van der Waals surface area contributed by atoms with E-state index in [1.54, 1.807) is 19.1 Å². The van der Waals surface area contributed by atoms with Crippen molar-refractivity contribution < 1.29 is 19.0 Å². The van der Waals surface area contributed by atoms with E-state index >= 15 is 0 Å². The molecule has 2 heterocycles. The molecular weight excluding hydrogens is 334 g/mol. The van der Waals surface area contributed by atoms with Crippen LogP contribution < -0.4 is 20.4 Å². The highest BCUT2D eigenvalue weighted by Gasteiger charge is 2.20. The lowest BCUT2D eigenvalue weighted by molar-refractivity contribution is 0.0902. The fraction of sp³-hybridized carbons (Fsp3) is 0.250. The molecule has 0 aliphatic carbocycles. The molecule has 0 bridgehead atoms. The molecule has 4 rings (SSSR count). The van der Waals surface area contributed by atoms with Gasteiger partial charge in [0.1, 0.15) is 24.0 Å². The average Bonchev–Trinajstić information content (AvgIpc) is 2.65. The van der Waals surface area contributed by atoms with Crippen LogP contribution in [0.5, 0.6) is 17.2 Å². The van der Waals surface area contributed by atoms with Gasteiger partial charge < -0.3 is 24.3 Å². The van der Waals surface area contributed by atoms with Crippen LogP contribution in [0, 0.1) is 6.92 Å². The molecule has 0 fully saturated rings. The highest BCUT2D eigenvalue weighted by atomic mass is 16.6. The van der Waals surface area contributed by atoms with Crippen molar-refractivity contribution in [3.8, 4) is 17.2 Å². The van der Waals surface area contributed by atoms with Crippen LogP contribution in [0.3, 0.4) is 0 Å². The van der Waals surface area contributed by atoms with Gasteiger partial charge in [-0.05, 0) is 36.8 Å². The van der Waals surface area contributed by atoms with Gasteiger partial charge in [-0.3, -0.25) is 0 Å². The molecule has 0 amide bonds. The zero-order valence-electron chi connectivity index (χ0n) is 14.3. The topological polar surface area (TPSA) is 80.9 Å². The molecule has 0 saturated heterocycles. The largest absolute Gasteiger partial charge is 0.508 e. The fourth-order valence-electron chi connectivity index (χ4n) is 3.09. The second-order valence-corrected chi connectivity index (χ2v) is 6.31. The first-order valence-corrected chi connectivity index (χ1v) is 8.46. The minimum Gasteiger partial charge on any atom is -0.508 e. The van der Waals surface area contributed by atoms with E-state index in [0.29, 0.717) is 30.8 Å². The van der Waals surface area contributed by atoms with E-state index in [0.717, 1.165) is 22.4 Å². The number of nitrogens with one attached hydrogen (secondary N) is 1.